The maximum atomic E-state index is 11.6. The highest BCUT2D eigenvalue weighted by Gasteiger charge is 2.51. The van der Waals surface area contributed by atoms with E-state index in [1.54, 1.807) is 12.3 Å². The van der Waals surface area contributed by atoms with Gasteiger partial charge >= 0.3 is 17.9 Å². The number of rotatable bonds is 6. The highest BCUT2D eigenvalue weighted by molar-refractivity contribution is 5.92. The Morgan fingerprint density at radius 1 is 1.11 bits per heavy atom. The van der Waals surface area contributed by atoms with Gasteiger partial charge in [0.2, 0.25) is 5.91 Å². The molecule has 10 nitrogen and oxygen atoms in total. The number of esters is 3. The summed E-state index contributed by atoms with van der Waals surface area (Å²) >= 11 is 0. The average Bonchev–Trinajstić information content (AvgIpc) is 2.89. The van der Waals surface area contributed by atoms with Crippen molar-refractivity contribution in [3.05, 3.63) is 24.0 Å². The topological polar surface area (TPSA) is 134 Å². The number of allylic oxidation sites excluding steroid dienone is 1. The molecule has 1 unspecified atom stereocenters. The second-order valence-electron chi connectivity index (χ2n) is 6.07. The summed E-state index contributed by atoms with van der Waals surface area (Å²) < 4.78 is 21.4. The van der Waals surface area contributed by atoms with Gasteiger partial charge < -0.3 is 29.6 Å². The van der Waals surface area contributed by atoms with E-state index < -0.39 is 48.4 Å². The van der Waals surface area contributed by atoms with Crippen molar-refractivity contribution in [1.29, 1.82) is 0 Å². The molecule has 0 radical (unpaired) electrons. The molecule has 1 fully saturated rings. The monoisotopic (exact) mass is 382 g/mol. The number of hydrogen-bond donors (Lipinski definition) is 1. The Morgan fingerprint density at radius 3 is 2.30 bits per heavy atom. The molecule has 0 spiro atoms. The third-order valence-corrected chi connectivity index (χ3v) is 3.87. The highest BCUT2D eigenvalue weighted by atomic mass is 16.7. The van der Waals surface area contributed by atoms with E-state index in [2.05, 4.69) is 0 Å². The van der Waals surface area contributed by atoms with Crippen LogP contribution in [0.1, 0.15) is 27.2 Å². The summed E-state index contributed by atoms with van der Waals surface area (Å²) in [6, 6.07) is 0. The third kappa shape index (κ3) is 5.30. The fourth-order valence-electron chi connectivity index (χ4n) is 2.83. The molecule has 2 N–H and O–H groups in total. The zero-order valence-electron chi connectivity index (χ0n) is 15.2. The lowest BCUT2D eigenvalue weighted by molar-refractivity contribution is -0.166. The Kier molecular flexibility index (Phi) is 6.56. The minimum atomic E-state index is -1.01. The lowest BCUT2D eigenvalue weighted by Gasteiger charge is -2.30. The van der Waals surface area contributed by atoms with Gasteiger partial charge in [0, 0.05) is 38.7 Å². The van der Waals surface area contributed by atoms with Crippen LogP contribution in [0.4, 0.5) is 0 Å². The first-order valence-electron chi connectivity index (χ1n) is 8.27. The summed E-state index contributed by atoms with van der Waals surface area (Å²) in [6.07, 6.45) is 1.35. The van der Waals surface area contributed by atoms with Crippen LogP contribution in [0.2, 0.25) is 0 Å². The molecule has 2 rings (SSSR count). The lowest BCUT2D eigenvalue weighted by atomic mass is 10.1. The van der Waals surface area contributed by atoms with Gasteiger partial charge in [0.05, 0.1) is 0 Å². The van der Waals surface area contributed by atoms with Crippen molar-refractivity contribution in [1.82, 2.24) is 4.90 Å². The second-order valence-corrected chi connectivity index (χ2v) is 6.07. The normalized spacial score (nSPS) is 26.9. The molecule has 2 aliphatic rings. The Balaban J connectivity index is 2.32. The van der Waals surface area contributed by atoms with Crippen molar-refractivity contribution in [3.8, 4) is 0 Å². The van der Waals surface area contributed by atoms with Gasteiger partial charge in [-0.1, -0.05) is 6.08 Å². The van der Waals surface area contributed by atoms with Gasteiger partial charge in [-0.3, -0.25) is 19.2 Å². The molecule has 1 amide bonds. The first-order valence-corrected chi connectivity index (χ1v) is 8.27. The summed E-state index contributed by atoms with van der Waals surface area (Å²) in [6.45, 7) is 3.43. The summed E-state index contributed by atoms with van der Waals surface area (Å²) in [5.41, 5.74) is 5.65. The van der Waals surface area contributed by atoms with E-state index in [1.165, 1.54) is 31.9 Å². The van der Waals surface area contributed by atoms with Crippen LogP contribution >= 0.6 is 0 Å². The van der Waals surface area contributed by atoms with Crippen molar-refractivity contribution >= 4 is 23.8 Å². The predicted molar refractivity (Wildman–Crippen MR) is 89.3 cm³/mol. The molecule has 0 aliphatic carbocycles. The molecule has 27 heavy (non-hydrogen) atoms. The Bertz CT molecular complexity index is 686. The summed E-state index contributed by atoms with van der Waals surface area (Å²) in [7, 11) is 0. The molecule has 4 atom stereocenters. The predicted octanol–water partition coefficient (Wildman–Crippen LogP) is -0.274. The van der Waals surface area contributed by atoms with Gasteiger partial charge in [-0.05, 0) is 6.42 Å². The number of amides is 1. The fourth-order valence-corrected chi connectivity index (χ4v) is 2.83. The van der Waals surface area contributed by atoms with Crippen LogP contribution in [-0.2, 0) is 38.1 Å². The van der Waals surface area contributed by atoms with E-state index in [0.717, 1.165) is 0 Å². The maximum Gasteiger partial charge on any atom is 0.303 e. The maximum absolute atomic E-state index is 11.6. The molecule has 10 heteroatoms. The van der Waals surface area contributed by atoms with Crippen LogP contribution in [0.5, 0.6) is 0 Å². The van der Waals surface area contributed by atoms with E-state index >= 15 is 0 Å². The average molecular weight is 382 g/mol. The van der Waals surface area contributed by atoms with Gasteiger partial charge in [0.15, 0.2) is 18.4 Å². The molecular weight excluding hydrogens is 360 g/mol. The van der Waals surface area contributed by atoms with Crippen molar-refractivity contribution in [2.24, 2.45) is 5.73 Å². The molecular formula is C17H22N2O8. The minimum absolute atomic E-state index is 0.203. The standard InChI is InChI=1S/C17H22N2O8/c1-9(20)24-8-13-14(25-10(2)21)15(26-11(3)22)17(27-13)19-6-4-5-12(7-19)16(18)23/h4,6-7,13-15,17H,5,8H2,1-3H3,(H2,18,23)/t13?,14-,15-,17-/m1/s1. The first kappa shape index (κ1) is 20.4. The van der Waals surface area contributed by atoms with Crippen molar-refractivity contribution in [3.63, 3.8) is 0 Å². The molecule has 0 aromatic rings. The van der Waals surface area contributed by atoms with E-state index in [0.29, 0.717) is 12.0 Å². The van der Waals surface area contributed by atoms with Gasteiger partial charge in [0.1, 0.15) is 12.7 Å². The molecule has 0 aromatic heterocycles. The number of primary amides is 1. The second kappa shape index (κ2) is 8.67. The molecule has 2 aliphatic heterocycles. The van der Waals surface area contributed by atoms with Crippen LogP contribution in [-0.4, -0.2) is 59.9 Å². The first-order chi connectivity index (χ1) is 12.7. The smallest absolute Gasteiger partial charge is 0.303 e. The number of carbonyl (C=O) groups is 4. The molecule has 1 saturated heterocycles. The molecule has 0 bridgehead atoms. The molecule has 148 valence electrons. The van der Waals surface area contributed by atoms with Crippen LogP contribution in [0.25, 0.3) is 0 Å². The number of hydrogen-bond acceptors (Lipinski definition) is 9. The summed E-state index contributed by atoms with van der Waals surface area (Å²) in [4.78, 5) is 47.2. The highest BCUT2D eigenvalue weighted by Crippen LogP contribution is 2.31. The van der Waals surface area contributed by atoms with Gasteiger partial charge in [-0.15, -0.1) is 0 Å². The quantitative estimate of drug-likeness (QED) is 0.486. The molecule has 0 saturated carbocycles. The van der Waals surface area contributed by atoms with Gasteiger partial charge in [-0.2, -0.15) is 0 Å². The van der Waals surface area contributed by atoms with E-state index in [1.807, 2.05) is 0 Å². The van der Waals surface area contributed by atoms with Gasteiger partial charge in [-0.25, -0.2) is 0 Å². The zero-order chi connectivity index (χ0) is 20.1. The molecule has 0 aromatic carbocycles. The summed E-state index contributed by atoms with van der Waals surface area (Å²) in [5, 5.41) is 0. The third-order valence-electron chi connectivity index (χ3n) is 3.87. The van der Waals surface area contributed by atoms with E-state index in [4.69, 9.17) is 24.7 Å². The van der Waals surface area contributed by atoms with E-state index in [9.17, 15) is 19.2 Å². The number of carbonyl (C=O) groups excluding carboxylic acids is 4. The minimum Gasteiger partial charge on any atom is -0.463 e. The van der Waals surface area contributed by atoms with Gasteiger partial charge in [0.25, 0.3) is 0 Å². The lowest BCUT2D eigenvalue weighted by Crippen LogP contribution is -2.45. The van der Waals surface area contributed by atoms with Crippen molar-refractivity contribution < 1.29 is 38.1 Å². The Morgan fingerprint density at radius 2 is 1.74 bits per heavy atom. The molecule has 2 heterocycles. The van der Waals surface area contributed by atoms with E-state index in [-0.39, 0.29) is 6.61 Å². The largest absolute Gasteiger partial charge is 0.463 e. The van der Waals surface area contributed by atoms with Crippen molar-refractivity contribution in [2.75, 3.05) is 6.61 Å². The van der Waals surface area contributed by atoms with Crippen LogP contribution in [0.15, 0.2) is 24.0 Å². The Labute approximate surface area is 155 Å². The summed E-state index contributed by atoms with van der Waals surface area (Å²) in [5.74, 6) is -2.36. The van der Waals surface area contributed by atoms with Crippen LogP contribution in [0, 0.1) is 0 Å². The zero-order valence-corrected chi connectivity index (χ0v) is 15.2. The number of ether oxygens (including phenoxy) is 4. The number of nitrogens with zero attached hydrogens (tertiary/aromatic N) is 1. The SMILES string of the molecule is CC(=O)OCC1O[C@@H](N2C=CCC(C(N)=O)=C2)[C@H](OC(C)=O)[C@@H]1OC(C)=O. The number of nitrogens with two attached hydrogens (primary N) is 1. The van der Waals surface area contributed by atoms with Crippen molar-refractivity contribution in [2.45, 2.75) is 51.7 Å². The van der Waals surface area contributed by atoms with Crippen LogP contribution < -0.4 is 5.73 Å². The Hall–Kier alpha value is -2.88. The fraction of sp³-hybridized carbons (Fsp3) is 0.529. The van der Waals surface area contributed by atoms with Crippen LogP contribution in [0.3, 0.4) is 0 Å².